The van der Waals surface area contributed by atoms with E-state index in [4.69, 9.17) is 25.8 Å². The number of para-hydroxylation sites is 1. The molecule has 6 atom stereocenters. The predicted molar refractivity (Wildman–Crippen MR) is 138 cm³/mol. The fourth-order valence-corrected chi connectivity index (χ4v) is 5.17. The molecule has 0 bridgehead atoms. The van der Waals surface area contributed by atoms with E-state index in [2.05, 4.69) is 6.07 Å². The molecule has 0 aliphatic carbocycles. The van der Waals surface area contributed by atoms with Gasteiger partial charge >= 0.3 is 0 Å². The van der Waals surface area contributed by atoms with Gasteiger partial charge in [0.2, 0.25) is 0 Å². The molecule has 4 N–H and O–H groups in total. The lowest BCUT2D eigenvalue weighted by Gasteiger charge is -2.40. The van der Waals surface area contributed by atoms with Gasteiger partial charge in [0.25, 0.3) is 0 Å². The molecule has 8 heteroatoms. The molecule has 3 aromatic carbocycles. The van der Waals surface area contributed by atoms with Crippen LogP contribution in [0, 0.1) is 6.92 Å². The summed E-state index contributed by atoms with van der Waals surface area (Å²) in [6.07, 6.45) is -4.70. The molecule has 1 fully saturated rings. The summed E-state index contributed by atoms with van der Waals surface area (Å²) in [5, 5.41) is 40.7. The van der Waals surface area contributed by atoms with E-state index in [9.17, 15) is 20.4 Å². The zero-order valence-electron chi connectivity index (χ0n) is 20.5. The lowest BCUT2D eigenvalue weighted by Crippen LogP contribution is -2.55. The monoisotopic (exact) mass is 526 g/mol. The van der Waals surface area contributed by atoms with Crippen LogP contribution in [0.3, 0.4) is 0 Å². The van der Waals surface area contributed by atoms with Gasteiger partial charge in [0.05, 0.1) is 6.61 Å². The highest BCUT2D eigenvalue weighted by Gasteiger charge is 2.44. The second kappa shape index (κ2) is 11.0. The standard InChI is InChI=1S/C29H31ClO7/c1-16-3-2-4-18-13-22(36-28(16)18)15-35-21-8-5-17(6-9-21)11-20-12-19(7-10-23(20)30)29-27(34)26(33)25(32)24(14-31)37-29/h2-10,12,22,24-27,29,31-34H,11,13-15H2,1H3/t22?,24-,25-,26+,27-,29+/m1/s1. The maximum atomic E-state index is 10.5. The summed E-state index contributed by atoms with van der Waals surface area (Å²) in [7, 11) is 0. The number of halogens is 1. The molecule has 0 amide bonds. The first-order valence-corrected chi connectivity index (χ1v) is 12.8. The Hall–Kier alpha value is -2.65. The van der Waals surface area contributed by atoms with Crippen LogP contribution in [0.15, 0.2) is 60.7 Å². The van der Waals surface area contributed by atoms with Gasteiger partial charge in [-0.05, 0) is 59.4 Å². The van der Waals surface area contributed by atoms with Gasteiger partial charge in [-0.1, -0.05) is 54.1 Å². The van der Waals surface area contributed by atoms with Crippen molar-refractivity contribution in [3.05, 3.63) is 93.5 Å². The van der Waals surface area contributed by atoms with Crippen molar-refractivity contribution in [3.63, 3.8) is 0 Å². The van der Waals surface area contributed by atoms with Crippen molar-refractivity contribution in [3.8, 4) is 11.5 Å². The number of hydrogen-bond donors (Lipinski definition) is 4. The number of aliphatic hydroxyl groups excluding tert-OH is 4. The summed E-state index contributed by atoms with van der Waals surface area (Å²) in [6, 6.07) is 19.2. The molecule has 0 saturated carbocycles. The molecule has 2 aliphatic heterocycles. The first-order chi connectivity index (χ1) is 17.8. The number of benzene rings is 3. The van der Waals surface area contributed by atoms with Crippen LogP contribution >= 0.6 is 11.6 Å². The maximum Gasteiger partial charge on any atom is 0.137 e. The number of rotatable bonds is 7. The van der Waals surface area contributed by atoms with Crippen LogP contribution in [0.1, 0.15) is 33.9 Å². The SMILES string of the molecule is Cc1cccc2c1OC(COc1ccc(Cc3cc([C@@H]4O[C@H](CO)[C@@H](O)[C@H](O)[C@H]4O)ccc3Cl)cc1)C2. The van der Waals surface area contributed by atoms with Gasteiger partial charge in [-0.3, -0.25) is 0 Å². The lowest BCUT2D eigenvalue weighted by molar-refractivity contribution is -0.231. The van der Waals surface area contributed by atoms with Gasteiger partial charge in [-0.15, -0.1) is 0 Å². The molecule has 0 aromatic heterocycles. The van der Waals surface area contributed by atoms with Gasteiger partial charge in [0.1, 0.15) is 54.7 Å². The number of fused-ring (bicyclic) bond motifs is 1. The Balaban J connectivity index is 1.22. The van der Waals surface area contributed by atoms with E-state index >= 15 is 0 Å². The van der Waals surface area contributed by atoms with Crippen molar-refractivity contribution in [1.82, 2.24) is 0 Å². The van der Waals surface area contributed by atoms with E-state index in [0.717, 1.165) is 34.6 Å². The molecule has 5 rings (SSSR count). The molecule has 2 heterocycles. The molecule has 1 unspecified atom stereocenters. The van der Waals surface area contributed by atoms with Crippen molar-refractivity contribution in [2.75, 3.05) is 13.2 Å². The molecule has 0 spiro atoms. The van der Waals surface area contributed by atoms with E-state index in [1.807, 2.05) is 49.4 Å². The highest BCUT2D eigenvalue weighted by atomic mass is 35.5. The van der Waals surface area contributed by atoms with Crippen LogP contribution in [-0.4, -0.2) is 64.2 Å². The van der Waals surface area contributed by atoms with Crippen LogP contribution in [0.4, 0.5) is 0 Å². The Kier molecular flexibility index (Phi) is 7.72. The maximum absolute atomic E-state index is 10.5. The van der Waals surface area contributed by atoms with Crippen molar-refractivity contribution in [1.29, 1.82) is 0 Å². The van der Waals surface area contributed by atoms with Crippen LogP contribution in [0.2, 0.25) is 5.02 Å². The van der Waals surface area contributed by atoms with E-state index in [1.54, 1.807) is 12.1 Å². The fourth-order valence-electron chi connectivity index (χ4n) is 4.99. The molecule has 0 radical (unpaired) electrons. The molecule has 37 heavy (non-hydrogen) atoms. The summed E-state index contributed by atoms with van der Waals surface area (Å²) >= 11 is 6.46. The zero-order valence-corrected chi connectivity index (χ0v) is 21.2. The van der Waals surface area contributed by atoms with Crippen molar-refractivity contribution in [2.45, 2.75) is 56.4 Å². The van der Waals surface area contributed by atoms with E-state index in [-0.39, 0.29) is 6.10 Å². The lowest BCUT2D eigenvalue weighted by atomic mass is 9.90. The van der Waals surface area contributed by atoms with Crippen LogP contribution in [0.5, 0.6) is 11.5 Å². The van der Waals surface area contributed by atoms with Gasteiger partial charge in [-0.25, -0.2) is 0 Å². The van der Waals surface area contributed by atoms with Gasteiger partial charge in [-0.2, -0.15) is 0 Å². The zero-order chi connectivity index (χ0) is 26.1. The molecular formula is C29H31ClO7. The summed E-state index contributed by atoms with van der Waals surface area (Å²) < 4.78 is 17.7. The Morgan fingerprint density at radius 2 is 1.76 bits per heavy atom. The highest BCUT2D eigenvalue weighted by molar-refractivity contribution is 6.31. The third-order valence-corrected chi connectivity index (χ3v) is 7.44. The number of ether oxygens (including phenoxy) is 3. The minimum Gasteiger partial charge on any atom is -0.490 e. The van der Waals surface area contributed by atoms with E-state index in [0.29, 0.717) is 23.6 Å². The summed E-state index contributed by atoms with van der Waals surface area (Å²) in [6.45, 7) is 2.03. The van der Waals surface area contributed by atoms with Crippen molar-refractivity contribution in [2.24, 2.45) is 0 Å². The van der Waals surface area contributed by atoms with E-state index < -0.39 is 37.1 Å². The average molecular weight is 527 g/mol. The molecule has 7 nitrogen and oxygen atoms in total. The third-order valence-electron chi connectivity index (χ3n) is 7.07. The average Bonchev–Trinajstić information content (AvgIpc) is 3.33. The second-order valence-electron chi connectivity index (χ2n) is 9.74. The number of aryl methyl sites for hydroxylation is 1. The smallest absolute Gasteiger partial charge is 0.137 e. The number of hydrogen-bond acceptors (Lipinski definition) is 7. The topological polar surface area (TPSA) is 109 Å². The summed E-state index contributed by atoms with van der Waals surface area (Å²) in [5.74, 6) is 1.72. The predicted octanol–water partition coefficient (Wildman–Crippen LogP) is 3.14. The summed E-state index contributed by atoms with van der Waals surface area (Å²) in [5.41, 5.74) is 4.78. The Bertz CT molecular complexity index is 1230. The van der Waals surface area contributed by atoms with Crippen LogP contribution in [-0.2, 0) is 17.6 Å². The first-order valence-electron chi connectivity index (χ1n) is 12.4. The Labute approximate surface area is 220 Å². The number of aliphatic hydroxyl groups is 4. The quantitative estimate of drug-likeness (QED) is 0.374. The van der Waals surface area contributed by atoms with Crippen LogP contribution < -0.4 is 9.47 Å². The Morgan fingerprint density at radius 3 is 2.49 bits per heavy atom. The highest BCUT2D eigenvalue weighted by Crippen LogP contribution is 2.35. The molecule has 3 aromatic rings. The van der Waals surface area contributed by atoms with Gasteiger partial charge in [0.15, 0.2) is 0 Å². The van der Waals surface area contributed by atoms with Crippen molar-refractivity contribution < 1.29 is 34.6 Å². The van der Waals surface area contributed by atoms with Crippen LogP contribution in [0.25, 0.3) is 0 Å². The third kappa shape index (κ3) is 5.48. The first kappa shape index (κ1) is 26.0. The van der Waals surface area contributed by atoms with Crippen molar-refractivity contribution >= 4 is 11.6 Å². The Morgan fingerprint density at radius 1 is 0.973 bits per heavy atom. The fraction of sp³-hybridized carbons (Fsp3) is 0.379. The second-order valence-corrected chi connectivity index (χ2v) is 10.1. The largest absolute Gasteiger partial charge is 0.490 e. The molecule has 2 aliphatic rings. The molecule has 1 saturated heterocycles. The van der Waals surface area contributed by atoms with E-state index in [1.165, 1.54) is 5.56 Å². The normalized spacial score (nSPS) is 27.0. The summed E-state index contributed by atoms with van der Waals surface area (Å²) in [4.78, 5) is 0. The molecule has 196 valence electrons. The minimum atomic E-state index is -1.43. The van der Waals surface area contributed by atoms with Gasteiger partial charge in [0, 0.05) is 11.4 Å². The minimum absolute atomic E-state index is 0.0141. The molecular weight excluding hydrogens is 496 g/mol. The van der Waals surface area contributed by atoms with Gasteiger partial charge < -0.3 is 34.6 Å².